The summed E-state index contributed by atoms with van der Waals surface area (Å²) in [6.07, 6.45) is -3.06. The first-order valence-electron chi connectivity index (χ1n) is 11.6. The van der Waals surface area contributed by atoms with Crippen LogP contribution in [0, 0.1) is 5.92 Å². The molecule has 1 aromatic carbocycles. The van der Waals surface area contributed by atoms with Crippen LogP contribution in [0.3, 0.4) is 0 Å². The van der Waals surface area contributed by atoms with E-state index in [0.717, 1.165) is 25.9 Å². The molecule has 1 aromatic heterocycles. The van der Waals surface area contributed by atoms with Gasteiger partial charge in [-0.1, -0.05) is 30.3 Å². The SMILES string of the molecule is CC(C)(O)C1CCN(CC(O)Cn2nc(-c3ccccc3)c3c2CCNC3C(F)(F)F)CC1. The first-order chi connectivity index (χ1) is 15.5. The molecule has 0 spiro atoms. The number of likely N-dealkylation sites (tertiary alicyclic amines) is 1. The molecule has 0 bridgehead atoms. The number of fused-ring (bicyclic) bond motifs is 1. The van der Waals surface area contributed by atoms with Crippen LogP contribution in [0.1, 0.15) is 44.0 Å². The topological polar surface area (TPSA) is 73.5 Å². The van der Waals surface area contributed by atoms with Crippen molar-refractivity contribution in [3.63, 3.8) is 0 Å². The standard InChI is InChI=1S/C24H33F3N4O2/c1-23(2,33)17-9-12-30(13-10-17)14-18(32)15-31-19-8-11-28-22(24(25,26)27)20(19)21(29-31)16-6-4-3-5-7-16/h3-7,17-18,22,28,32-33H,8-15H2,1-2H3. The monoisotopic (exact) mass is 466 g/mol. The molecule has 9 heteroatoms. The lowest BCUT2D eigenvalue weighted by atomic mass is 9.83. The fourth-order valence-corrected chi connectivity index (χ4v) is 5.13. The molecule has 0 radical (unpaired) electrons. The number of hydrogen-bond donors (Lipinski definition) is 3. The highest BCUT2D eigenvalue weighted by Gasteiger charge is 2.46. The molecule has 1 saturated heterocycles. The molecule has 1 fully saturated rings. The predicted octanol–water partition coefficient (Wildman–Crippen LogP) is 3.14. The Balaban J connectivity index is 1.53. The van der Waals surface area contributed by atoms with Crippen LogP contribution in [0.5, 0.6) is 0 Å². The summed E-state index contributed by atoms with van der Waals surface area (Å²) in [5.41, 5.74) is 0.940. The van der Waals surface area contributed by atoms with Crippen molar-refractivity contribution in [3.05, 3.63) is 41.6 Å². The van der Waals surface area contributed by atoms with Crippen LogP contribution in [0.15, 0.2) is 30.3 Å². The minimum absolute atomic E-state index is 0.144. The number of aromatic nitrogens is 2. The van der Waals surface area contributed by atoms with Gasteiger partial charge in [0.05, 0.1) is 23.9 Å². The zero-order valence-electron chi connectivity index (χ0n) is 19.1. The Morgan fingerprint density at radius 1 is 1.12 bits per heavy atom. The number of β-amino-alcohol motifs (C(OH)–C–C–N with tert-alkyl or cyclic N) is 1. The van der Waals surface area contributed by atoms with E-state index in [1.807, 2.05) is 19.9 Å². The van der Waals surface area contributed by atoms with Crippen LogP contribution in [0.2, 0.25) is 0 Å². The highest BCUT2D eigenvalue weighted by Crippen LogP contribution is 2.41. The van der Waals surface area contributed by atoms with Gasteiger partial charge in [-0.3, -0.25) is 4.68 Å². The predicted molar refractivity (Wildman–Crippen MR) is 120 cm³/mol. The third-order valence-electron chi connectivity index (χ3n) is 6.91. The average Bonchev–Trinajstić information content (AvgIpc) is 3.12. The number of aliphatic hydroxyl groups is 2. The molecule has 0 amide bonds. The van der Waals surface area contributed by atoms with Crippen molar-refractivity contribution in [2.24, 2.45) is 5.92 Å². The fourth-order valence-electron chi connectivity index (χ4n) is 5.13. The molecule has 2 aromatic rings. The Hall–Kier alpha value is -1.94. The summed E-state index contributed by atoms with van der Waals surface area (Å²) in [6.45, 7) is 5.99. The Morgan fingerprint density at radius 2 is 1.79 bits per heavy atom. The summed E-state index contributed by atoms with van der Waals surface area (Å²) in [4.78, 5) is 2.15. The number of nitrogens with one attached hydrogen (secondary N) is 1. The summed E-state index contributed by atoms with van der Waals surface area (Å²) in [5.74, 6) is 0.226. The van der Waals surface area contributed by atoms with Gasteiger partial charge in [-0.2, -0.15) is 18.3 Å². The number of hydrogen-bond acceptors (Lipinski definition) is 5. The summed E-state index contributed by atoms with van der Waals surface area (Å²) in [7, 11) is 0. The number of halogens is 3. The van der Waals surface area contributed by atoms with Crippen molar-refractivity contribution in [1.82, 2.24) is 20.0 Å². The minimum Gasteiger partial charge on any atom is -0.390 e. The van der Waals surface area contributed by atoms with Crippen LogP contribution >= 0.6 is 0 Å². The van der Waals surface area contributed by atoms with E-state index in [0.29, 0.717) is 29.9 Å². The zero-order chi connectivity index (χ0) is 23.8. The summed E-state index contributed by atoms with van der Waals surface area (Å²) in [6, 6.07) is 7.13. The van der Waals surface area contributed by atoms with Gasteiger partial charge in [0.15, 0.2) is 0 Å². The normalized spacial score (nSPS) is 21.7. The molecule has 2 atom stereocenters. The maximum atomic E-state index is 13.8. The second-order valence-corrected chi connectivity index (χ2v) is 9.82. The second kappa shape index (κ2) is 9.37. The summed E-state index contributed by atoms with van der Waals surface area (Å²) < 4.78 is 43.1. The lowest BCUT2D eigenvalue weighted by molar-refractivity contribution is -0.158. The van der Waals surface area contributed by atoms with Gasteiger partial charge in [0.1, 0.15) is 6.04 Å². The lowest BCUT2D eigenvalue weighted by Gasteiger charge is -2.38. The molecule has 0 saturated carbocycles. The molecule has 2 unspecified atom stereocenters. The number of alkyl halides is 3. The molecule has 0 aliphatic carbocycles. The van der Waals surface area contributed by atoms with Gasteiger partial charge >= 0.3 is 6.18 Å². The number of rotatable bonds is 6. The molecule has 3 N–H and O–H groups in total. The smallest absolute Gasteiger partial charge is 0.390 e. The first-order valence-corrected chi connectivity index (χ1v) is 11.6. The Labute approximate surface area is 192 Å². The van der Waals surface area contributed by atoms with Crippen molar-refractivity contribution < 1.29 is 23.4 Å². The molecule has 2 aliphatic rings. The number of piperidine rings is 1. The lowest BCUT2D eigenvalue weighted by Crippen LogP contribution is -2.45. The van der Waals surface area contributed by atoms with Crippen molar-refractivity contribution >= 4 is 0 Å². The van der Waals surface area contributed by atoms with Crippen LogP contribution in [-0.4, -0.2) is 69.0 Å². The highest BCUT2D eigenvalue weighted by atomic mass is 19.4. The largest absolute Gasteiger partial charge is 0.408 e. The quantitative estimate of drug-likeness (QED) is 0.610. The van der Waals surface area contributed by atoms with Crippen molar-refractivity contribution in [2.75, 3.05) is 26.2 Å². The molecular formula is C24H33F3N4O2. The van der Waals surface area contributed by atoms with Crippen LogP contribution < -0.4 is 5.32 Å². The molecule has 4 rings (SSSR count). The minimum atomic E-state index is -4.43. The Morgan fingerprint density at radius 3 is 2.39 bits per heavy atom. The van der Waals surface area contributed by atoms with E-state index >= 15 is 0 Å². The second-order valence-electron chi connectivity index (χ2n) is 9.82. The van der Waals surface area contributed by atoms with E-state index in [-0.39, 0.29) is 24.6 Å². The summed E-state index contributed by atoms with van der Waals surface area (Å²) in [5, 5.41) is 28.2. The van der Waals surface area contributed by atoms with E-state index in [4.69, 9.17) is 0 Å². The maximum absolute atomic E-state index is 13.8. The van der Waals surface area contributed by atoms with E-state index in [1.165, 1.54) is 0 Å². The number of aliphatic hydroxyl groups excluding tert-OH is 1. The van der Waals surface area contributed by atoms with Gasteiger partial charge in [0.25, 0.3) is 0 Å². The fraction of sp³-hybridized carbons (Fsp3) is 0.625. The first kappa shape index (κ1) is 24.2. The third-order valence-corrected chi connectivity index (χ3v) is 6.91. The molecule has 3 heterocycles. The third kappa shape index (κ3) is 5.42. The van der Waals surface area contributed by atoms with Crippen molar-refractivity contribution in [2.45, 2.75) is 63.6 Å². The van der Waals surface area contributed by atoms with E-state index < -0.39 is 23.9 Å². The van der Waals surface area contributed by atoms with Crippen molar-refractivity contribution in [3.8, 4) is 11.3 Å². The van der Waals surface area contributed by atoms with Crippen LogP contribution in [0.4, 0.5) is 13.2 Å². The average molecular weight is 467 g/mol. The number of benzene rings is 1. The molecule has 182 valence electrons. The van der Waals surface area contributed by atoms with Gasteiger partial charge in [-0.15, -0.1) is 0 Å². The van der Waals surface area contributed by atoms with Gasteiger partial charge in [0.2, 0.25) is 0 Å². The Kier molecular flexibility index (Phi) is 6.87. The summed E-state index contributed by atoms with van der Waals surface area (Å²) >= 11 is 0. The van der Waals surface area contributed by atoms with Gasteiger partial charge in [-0.25, -0.2) is 0 Å². The Bertz CT molecular complexity index is 932. The molecule has 33 heavy (non-hydrogen) atoms. The highest BCUT2D eigenvalue weighted by molar-refractivity contribution is 5.65. The van der Waals surface area contributed by atoms with Crippen molar-refractivity contribution in [1.29, 1.82) is 0 Å². The zero-order valence-corrected chi connectivity index (χ0v) is 19.1. The van der Waals surface area contributed by atoms with Crippen LogP contribution in [-0.2, 0) is 13.0 Å². The van der Waals surface area contributed by atoms with Gasteiger partial charge < -0.3 is 20.4 Å². The van der Waals surface area contributed by atoms with Crippen LogP contribution in [0.25, 0.3) is 11.3 Å². The number of nitrogens with zero attached hydrogens (tertiary/aromatic N) is 3. The van der Waals surface area contributed by atoms with Gasteiger partial charge in [-0.05, 0) is 45.7 Å². The van der Waals surface area contributed by atoms with Gasteiger partial charge in [0, 0.05) is 36.3 Å². The molecular weight excluding hydrogens is 433 g/mol. The molecule has 2 aliphatic heterocycles. The maximum Gasteiger partial charge on any atom is 0.408 e. The van der Waals surface area contributed by atoms with E-state index in [1.54, 1.807) is 28.9 Å². The van der Waals surface area contributed by atoms with E-state index in [2.05, 4.69) is 15.3 Å². The molecule has 6 nitrogen and oxygen atoms in total. The van der Waals surface area contributed by atoms with E-state index in [9.17, 15) is 23.4 Å².